The molecule has 1 aliphatic carbocycles. The number of carbonyl (C=O) groups excluding carboxylic acids is 1. The van der Waals surface area contributed by atoms with E-state index in [1.807, 2.05) is 6.92 Å². The number of hydrogen-bond acceptors (Lipinski definition) is 4. The van der Waals surface area contributed by atoms with E-state index in [1.54, 1.807) is 11.0 Å². The highest BCUT2D eigenvalue weighted by Gasteiger charge is 2.33. The molecular weight excluding hydrogens is 228 g/mol. The van der Waals surface area contributed by atoms with Crippen LogP contribution in [-0.4, -0.2) is 28.4 Å². The molecule has 5 nitrogen and oxygen atoms in total. The first-order chi connectivity index (χ1) is 8.63. The van der Waals surface area contributed by atoms with E-state index in [4.69, 9.17) is 11.0 Å². The number of aromatic nitrogens is 1. The van der Waals surface area contributed by atoms with Gasteiger partial charge in [-0.2, -0.15) is 5.26 Å². The zero-order valence-corrected chi connectivity index (χ0v) is 10.4. The van der Waals surface area contributed by atoms with E-state index < -0.39 is 0 Å². The lowest BCUT2D eigenvalue weighted by Gasteiger charge is -2.21. The number of hydrogen-bond donors (Lipinski definition) is 1. The van der Waals surface area contributed by atoms with E-state index >= 15 is 0 Å². The third-order valence-corrected chi connectivity index (χ3v) is 3.02. The second-order valence-electron chi connectivity index (χ2n) is 4.55. The molecule has 2 rings (SSSR count). The molecule has 0 saturated heterocycles. The Morgan fingerprint density at radius 2 is 2.39 bits per heavy atom. The fourth-order valence-electron chi connectivity index (χ4n) is 1.92. The van der Waals surface area contributed by atoms with Gasteiger partial charge in [0.25, 0.3) is 5.91 Å². The molecule has 0 atom stereocenters. The first-order valence-corrected chi connectivity index (χ1v) is 6.03. The minimum atomic E-state index is -0.113. The van der Waals surface area contributed by atoms with Gasteiger partial charge < -0.3 is 10.6 Å². The Bertz CT molecular complexity index is 502. The van der Waals surface area contributed by atoms with Crippen LogP contribution in [0.1, 0.15) is 35.3 Å². The number of anilines is 1. The average Bonchev–Trinajstić information content (AvgIpc) is 3.13. The molecular formula is C13H16N4O. The first-order valence-electron chi connectivity index (χ1n) is 6.03. The van der Waals surface area contributed by atoms with Crippen molar-refractivity contribution in [2.45, 2.75) is 32.2 Å². The summed E-state index contributed by atoms with van der Waals surface area (Å²) in [6, 6.07) is 4.04. The van der Waals surface area contributed by atoms with Crippen molar-refractivity contribution in [1.29, 1.82) is 5.26 Å². The number of nitriles is 1. The molecule has 1 amide bonds. The number of nitrogens with two attached hydrogens (primary N) is 1. The van der Waals surface area contributed by atoms with Crippen LogP contribution in [0.4, 0.5) is 5.69 Å². The Morgan fingerprint density at radius 3 is 2.94 bits per heavy atom. The van der Waals surface area contributed by atoms with Crippen LogP contribution in [0.5, 0.6) is 0 Å². The van der Waals surface area contributed by atoms with Gasteiger partial charge in [-0.25, -0.2) is 0 Å². The monoisotopic (exact) mass is 244 g/mol. The molecule has 5 heteroatoms. The van der Waals surface area contributed by atoms with Gasteiger partial charge in [-0.3, -0.25) is 9.78 Å². The lowest BCUT2D eigenvalue weighted by atomic mass is 10.2. The second-order valence-corrected chi connectivity index (χ2v) is 4.55. The van der Waals surface area contributed by atoms with Crippen molar-refractivity contribution in [2.75, 3.05) is 12.3 Å². The topological polar surface area (TPSA) is 83.0 Å². The van der Waals surface area contributed by atoms with Gasteiger partial charge in [0.2, 0.25) is 0 Å². The number of pyridine rings is 1. The molecule has 18 heavy (non-hydrogen) atoms. The molecule has 1 aromatic heterocycles. The summed E-state index contributed by atoms with van der Waals surface area (Å²) in [5, 5.41) is 8.64. The Hall–Kier alpha value is -2.09. The van der Waals surface area contributed by atoms with Crippen LogP contribution in [-0.2, 0) is 0 Å². The van der Waals surface area contributed by atoms with E-state index in [2.05, 4.69) is 11.1 Å². The molecule has 1 heterocycles. The molecule has 1 aliphatic rings. The predicted molar refractivity (Wildman–Crippen MR) is 67.7 cm³/mol. The number of aryl methyl sites for hydroxylation is 1. The van der Waals surface area contributed by atoms with Crippen molar-refractivity contribution < 1.29 is 4.79 Å². The highest BCUT2D eigenvalue weighted by molar-refractivity contribution is 5.99. The van der Waals surface area contributed by atoms with E-state index in [9.17, 15) is 4.79 Å². The maximum atomic E-state index is 12.4. The third kappa shape index (κ3) is 2.59. The van der Waals surface area contributed by atoms with Crippen molar-refractivity contribution in [2.24, 2.45) is 0 Å². The van der Waals surface area contributed by atoms with Crippen LogP contribution in [0, 0.1) is 18.3 Å². The number of nitrogen functional groups attached to an aromatic ring is 1. The maximum Gasteiger partial charge on any atom is 0.257 e. The molecule has 0 radical (unpaired) electrons. The van der Waals surface area contributed by atoms with Gasteiger partial charge in [-0.05, 0) is 25.8 Å². The minimum absolute atomic E-state index is 0.113. The SMILES string of the molecule is Cc1cc(N)c(C(=O)N(CCC#N)C2CC2)cn1. The molecule has 2 N–H and O–H groups in total. The van der Waals surface area contributed by atoms with Gasteiger partial charge in [0, 0.05) is 30.2 Å². The molecule has 0 aliphatic heterocycles. The first kappa shape index (κ1) is 12.4. The predicted octanol–water partition coefficient (Wildman–Crippen LogP) is 1.49. The molecule has 0 spiro atoms. The lowest BCUT2D eigenvalue weighted by Crippen LogP contribution is -2.34. The van der Waals surface area contributed by atoms with E-state index in [0.717, 1.165) is 18.5 Å². The average molecular weight is 244 g/mol. The lowest BCUT2D eigenvalue weighted by molar-refractivity contribution is 0.0747. The quantitative estimate of drug-likeness (QED) is 0.869. The maximum absolute atomic E-state index is 12.4. The van der Waals surface area contributed by atoms with Crippen LogP contribution < -0.4 is 5.73 Å². The van der Waals surface area contributed by atoms with Gasteiger partial charge in [0.15, 0.2) is 0 Å². The van der Waals surface area contributed by atoms with Crippen LogP contribution in [0.3, 0.4) is 0 Å². The van der Waals surface area contributed by atoms with Crippen molar-refractivity contribution in [3.8, 4) is 6.07 Å². The summed E-state index contributed by atoms with van der Waals surface area (Å²) in [4.78, 5) is 18.2. The molecule has 0 aromatic carbocycles. The Morgan fingerprint density at radius 1 is 1.67 bits per heavy atom. The van der Waals surface area contributed by atoms with Gasteiger partial charge in [-0.1, -0.05) is 0 Å². The normalized spacial score (nSPS) is 14.0. The van der Waals surface area contributed by atoms with Crippen molar-refractivity contribution >= 4 is 11.6 Å². The summed E-state index contributed by atoms with van der Waals surface area (Å²) in [7, 11) is 0. The number of carbonyl (C=O) groups is 1. The van der Waals surface area contributed by atoms with Crippen LogP contribution in [0.25, 0.3) is 0 Å². The summed E-state index contributed by atoms with van der Waals surface area (Å²) in [6.07, 6.45) is 3.89. The van der Waals surface area contributed by atoms with Crippen LogP contribution in [0.15, 0.2) is 12.3 Å². The van der Waals surface area contributed by atoms with Crippen molar-refractivity contribution in [3.05, 3.63) is 23.5 Å². The largest absolute Gasteiger partial charge is 0.398 e. The Balaban J connectivity index is 2.19. The van der Waals surface area contributed by atoms with Gasteiger partial charge in [-0.15, -0.1) is 0 Å². The zero-order valence-electron chi connectivity index (χ0n) is 10.4. The van der Waals surface area contributed by atoms with E-state index in [0.29, 0.717) is 24.2 Å². The van der Waals surface area contributed by atoms with Gasteiger partial charge in [0.1, 0.15) is 0 Å². The van der Waals surface area contributed by atoms with E-state index in [1.165, 1.54) is 6.20 Å². The van der Waals surface area contributed by atoms with Crippen molar-refractivity contribution in [3.63, 3.8) is 0 Å². The smallest absolute Gasteiger partial charge is 0.257 e. The summed E-state index contributed by atoms with van der Waals surface area (Å²) in [5.74, 6) is -0.113. The summed E-state index contributed by atoms with van der Waals surface area (Å²) in [6.45, 7) is 2.30. The minimum Gasteiger partial charge on any atom is -0.398 e. The Labute approximate surface area is 106 Å². The second kappa shape index (κ2) is 5.05. The molecule has 1 fully saturated rings. The highest BCUT2D eigenvalue weighted by atomic mass is 16.2. The third-order valence-electron chi connectivity index (χ3n) is 3.02. The van der Waals surface area contributed by atoms with Crippen LogP contribution in [0.2, 0.25) is 0 Å². The molecule has 1 aromatic rings. The van der Waals surface area contributed by atoms with Gasteiger partial charge >= 0.3 is 0 Å². The number of nitrogens with zero attached hydrogens (tertiary/aromatic N) is 3. The standard InChI is InChI=1S/C13H16N4O/c1-9-7-12(15)11(8-16-9)13(18)17(6-2-5-14)10-3-4-10/h7-8,10H,2-4,6H2,1H3,(H2,15,16). The van der Waals surface area contributed by atoms with Crippen LogP contribution >= 0.6 is 0 Å². The highest BCUT2D eigenvalue weighted by Crippen LogP contribution is 2.29. The summed E-state index contributed by atoms with van der Waals surface area (Å²) < 4.78 is 0. The Kier molecular flexibility index (Phi) is 3.47. The summed E-state index contributed by atoms with van der Waals surface area (Å²) in [5.41, 5.74) is 7.54. The number of rotatable bonds is 4. The molecule has 94 valence electrons. The molecule has 0 unspecified atom stereocenters. The van der Waals surface area contributed by atoms with Crippen molar-refractivity contribution in [1.82, 2.24) is 9.88 Å². The fraction of sp³-hybridized carbons (Fsp3) is 0.462. The zero-order chi connectivity index (χ0) is 13.1. The van der Waals surface area contributed by atoms with E-state index in [-0.39, 0.29) is 11.9 Å². The van der Waals surface area contributed by atoms with Gasteiger partial charge in [0.05, 0.1) is 18.1 Å². The molecule has 0 bridgehead atoms. The fourth-order valence-corrected chi connectivity index (χ4v) is 1.92. The number of amides is 1. The summed E-state index contributed by atoms with van der Waals surface area (Å²) >= 11 is 0. The molecule has 1 saturated carbocycles.